The van der Waals surface area contributed by atoms with Crippen LogP contribution >= 0.6 is 0 Å². The van der Waals surface area contributed by atoms with Gasteiger partial charge in [0.2, 0.25) is 0 Å². The van der Waals surface area contributed by atoms with Crippen LogP contribution in [0.4, 0.5) is 0 Å². The van der Waals surface area contributed by atoms with Crippen LogP contribution in [0.15, 0.2) is 0 Å². The molecule has 4 heteroatoms. The van der Waals surface area contributed by atoms with Crippen molar-refractivity contribution in [2.45, 2.75) is 57.2 Å². The van der Waals surface area contributed by atoms with Crippen LogP contribution in [-0.2, 0) is 9.39 Å². The first-order valence-electron chi connectivity index (χ1n) is 6.75. The highest BCUT2D eigenvalue weighted by atomic mass is 16.5. The van der Waals surface area contributed by atoms with Crippen molar-refractivity contribution in [1.82, 2.24) is 0 Å². The van der Waals surface area contributed by atoms with Gasteiger partial charge in [0.05, 0.1) is 5.92 Å². The molecule has 3 fully saturated rings. The Kier molecular flexibility index (Phi) is 2.01. The van der Waals surface area contributed by atoms with E-state index >= 15 is 0 Å². The van der Waals surface area contributed by atoms with Gasteiger partial charge in [0.15, 0.2) is 12.0 Å². The van der Waals surface area contributed by atoms with E-state index in [1.807, 2.05) is 0 Å². The number of fused-ring (bicyclic) bond motifs is 5. The lowest BCUT2D eigenvalue weighted by Crippen LogP contribution is -2.37. The molecule has 1 saturated carbocycles. The van der Waals surface area contributed by atoms with Gasteiger partial charge in [-0.15, -0.1) is 0 Å². The van der Waals surface area contributed by atoms with Crippen molar-refractivity contribution in [3.05, 3.63) is 0 Å². The fraction of sp³-hybridized carbons (Fsp3) is 0.917. The molecule has 86 valence electrons. The van der Waals surface area contributed by atoms with Crippen LogP contribution in [0, 0.1) is 5.92 Å². The SMILES string of the molecule is CC1=[N+]2B(O[C@@H]3CCCC[C@@H]32)C2OCCC12. The molecule has 0 aromatic carbocycles. The van der Waals surface area contributed by atoms with Crippen molar-refractivity contribution in [2.75, 3.05) is 6.61 Å². The molecule has 3 aliphatic heterocycles. The van der Waals surface area contributed by atoms with Crippen molar-refractivity contribution in [3.8, 4) is 0 Å². The van der Waals surface area contributed by atoms with Crippen LogP contribution in [0.1, 0.15) is 39.0 Å². The number of ether oxygens (including phenoxy) is 1. The third kappa shape index (κ3) is 1.10. The summed E-state index contributed by atoms with van der Waals surface area (Å²) < 4.78 is 14.7. The van der Waals surface area contributed by atoms with E-state index in [4.69, 9.17) is 9.39 Å². The Morgan fingerprint density at radius 1 is 1.25 bits per heavy atom. The van der Waals surface area contributed by atoms with Gasteiger partial charge in [0.1, 0.15) is 11.8 Å². The molecule has 0 N–H and O–H groups in total. The zero-order valence-corrected chi connectivity index (χ0v) is 9.89. The monoisotopic (exact) mass is 220 g/mol. The molecule has 0 spiro atoms. The maximum Gasteiger partial charge on any atom is 0.686 e. The third-order valence-electron chi connectivity index (χ3n) is 4.97. The van der Waals surface area contributed by atoms with Crippen LogP contribution in [0.2, 0.25) is 0 Å². The smallest absolute Gasteiger partial charge is 0.374 e. The second kappa shape index (κ2) is 3.33. The van der Waals surface area contributed by atoms with E-state index in [0.717, 1.165) is 6.61 Å². The van der Waals surface area contributed by atoms with Crippen molar-refractivity contribution in [2.24, 2.45) is 5.92 Å². The first-order chi connectivity index (χ1) is 7.86. The topological polar surface area (TPSA) is 21.5 Å². The zero-order chi connectivity index (χ0) is 10.7. The van der Waals surface area contributed by atoms with Crippen molar-refractivity contribution in [1.29, 1.82) is 0 Å². The molecule has 4 rings (SSSR count). The van der Waals surface area contributed by atoms with Gasteiger partial charge < -0.3 is 9.39 Å². The van der Waals surface area contributed by atoms with Crippen LogP contribution in [-0.4, -0.2) is 42.0 Å². The van der Waals surface area contributed by atoms with Crippen LogP contribution < -0.4 is 0 Å². The highest BCUT2D eigenvalue weighted by Crippen LogP contribution is 2.39. The Morgan fingerprint density at radius 2 is 2.12 bits per heavy atom. The third-order valence-corrected chi connectivity index (χ3v) is 4.97. The molecule has 2 unspecified atom stereocenters. The van der Waals surface area contributed by atoms with E-state index in [0.29, 0.717) is 24.1 Å². The Morgan fingerprint density at radius 3 is 3.06 bits per heavy atom. The summed E-state index contributed by atoms with van der Waals surface area (Å²) in [4.78, 5) is 0. The molecule has 0 aromatic rings. The highest BCUT2D eigenvalue weighted by Gasteiger charge is 2.66. The average Bonchev–Trinajstić information content (AvgIpc) is 2.95. The van der Waals surface area contributed by atoms with Gasteiger partial charge in [-0.1, -0.05) is 6.42 Å². The number of hydrogen-bond acceptors (Lipinski definition) is 2. The summed E-state index contributed by atoms with van der Waals surface area (Å²) in [6.45, 7) is 3.22. The van der Waals surface area contributed by atoms with E-state index in [9.17, 15) is 0 Å². The summed E-state index contributed by atoms with van der Waals surface area (Å²) >= 11 is 0. The molecule has 1 aliphatic carbocycles. The number of hydrogen-bond donors (Lipinski definition) is 0. The number of rotatable bonds is 0. The van der Waals surface area contributed by atoms with E-state index in [1.165, 1.54) is 32.1 Å². The lowest BCUT2D eigenvalue weighted by atomic mass is 9.72. The van der Waals surface area contributed by atoms with Gasteiger partial charge in [-0.25, -0.2) is 0 Å². The molecule has 3 nitrogen and oxygen atoms in total. The predicted octanol–water partition coefficient (Wildman–Crippen LogP) is 1.25. The van der Waals surface area contributed by atoms with Gasteiger partial charge in [-0.2, -0.15) is 0 Å². The molecule has 4 atom stereocenters. The van der Waals surface area contributed by atoms with Gasteiger partial charge in [0, 0.05) is 20.0 Å². The zero-order valence-electron chi connectivity index (χ0n) is 9.89. The van der Waals surface area contributed by atoms with E-state index in [-0.39, 0.29) is 7.05 Å². The van der Waals surface area contributed by atoms with Crippen LogP contribution in [0.5, 0.6) is 0 Å². The highest BCUT2D eigenvalue weighted by molar-refractivity contribution is 6.48. The first kappa shape index (κ1) is 9.66. The minimum Gasteiger partial charge on any atom is -0.374 e. The molecule has 0 radical (unpaired) electrons. The van der Waals surface area contributed by atoms with Crippen molar-refractivity contribution >= 4 is 12.8 Å². The summed E-state index contributed by atoms with van der Waals surface area (Å²) in [5.74, 6) is 0.646. The lowest BCUT2D eigenvalue weighted by molar-refractivity contribution is -0.431. The normalized spacial score (nSPS) is 45.9. The van der Waals surface area contributed by atoms with Gasteiger partial charge in [-0.3, -0.25) is 4.49 Å². The molecular formula is C12H19BNO2+. The first-order valence-corrected chi connectivity index (χ1v) is 6.75. The molecule has 3 heterocycles. The quantitative estimate of drug-likeness (QED) is 0.573. The van der Waals surface area contributed by atoms with Crippen molar-refractivity contribution in [3.63, 3.8) is 0 Å². The van der Waals surface area contributed by atoms with Gasteiger partial charge in [-0.05, 0) is 19.3 Å². The van der Waals surface area contributed by atoms with Gasteiger partial charge >= 0.3 is 7.05 Å². The van der Waals surface area contributed by atoms with Gasteiger partial charge in [0.25, 0.3) is 0 Å². The van der Waals surface area contributed by atoms with Crippen LogP contribution in [0.3, 0.4) is 0 Å². The Balaban J connectivity index is 1.73. The summed E-state index contributed by atoms with van der Waals surface area (Å²) in [5.41, 5.74) is 1.54. The fourth-order valence-corrected chi connectivity index (χ4v) is 4.22. The van der Waals surface area contributed by atoms with Crippen molar-refractivity contribution < 1.29 is 13.9 Å². The summed E-state index contributed by atoms with van der Waals surface area (Å²) in [6, 6.07) is 0.999. The largest absolute Gasteiger partial charge is 0.686 e. The van der Waals surface area contributed by atoms with E-state index in [1.54, 1.807) is 5.71 Å². The lowest BCUT2D eigenvalue weighted by Gasteiger charge is -2.22. The average molecular weight is 220 g/mol. The second-order valence-corrected chi connectivity index (χ2v) is 5.70. The Hall–Kier alpha value is -0.345. The molecule has 0 amide bonds. The standard InChI is InChI=1S/C12H19BNO2/c1-8-9-6-7-15-12(9)13-14(8)10-4-2-3-5-11(10)16-13/h9-12H,2-7H2,1H3/q+1/t9?,10-,11+,12?/m0/s1. The van der Waals surface area contributed by atoms with E-state index < -0.39 is 0 Å². The molecular weight excluding hydrogens is 201 g/mol. The predicted molar refractivity (Wildman–Crippen MR) is 61.7 cm³/mol. The molecule has 0 aromatic heterocycles. The Labute approximate surface area is 96.9 Å². The minimum atomic E-state index is 0.251. The second-order valence-electron chi connectivity index (χ2n) is 5.70. The Bertz CT molecular complexity index is 357. The molecule has 16 heavy (non-hydrogen) atoms. The fourth-order valence-electron chi connectivity index (χ4n) is 4.22. The minimum absolute atomic E-state index is 0.251. The summed E-state index contributed by atoms with van der Waals surface area (Å²) in [7, 11) is 0.251. The molecule has 2 saturated heterocycles. The van der Waals surface area contributed by atoms with Crippen LogP contribution in [0.25, 0.3) is 0 Å². The molecule has 4 aliphatic rings. The maximum absolute atomic E-state index is 6.25. The number of nitrogens with zero attached hydrogens (tertiary/aromatic N) is 1. The molecule has 0 bridgehead atoms. The summed E-state index contributed by atoms with van der Waals surface area (Å²) in [5, 5.41) is 0. The van der Waals surface area contributed by atoms with E-state index in [2.05, 4.69) is 11.4 Å². The maximum atomic E-state index is 6.25. The summed E-state index contributed by atoms with van der Waals surface area (Å²) in [6.07, 6.45) is 6.97.